The molecule has 0 aromatic rings. The highest BCUT2D eigenvalue weighted by Crippen LogP contribution is 2.30. The van der Waals surface area contributed by atoms with Gasteiger partial charge in [0.05, 0.1) is 6.04 Å². The van der Waals surface area contributed by atoms with Crippen LogP contribution in [0.3, 0.4) is 0 Å². The maximum absolute atomic E-state index is 11.6. The quantitative estimate of drug-likeness (QED) is 0.602. The van der Waals surface area contributed by atoms with Gasteiger partial charge < -0.3 is 0 Å². The summed E-state index contributed by atoms with van der Waals surface area (Å²) in [6.07, 6.45) is 7.29. The molecular weight excluding hydrogens is 162 g/mol. The number of rotatable bonds is 2. The normalized spacial score (nSPS) is 34.6. The van der Waals surface area contributed by atoms with Gasteiger partial charge in [-0.1, -0.05) is 12.5 Å². The molecule has 2 aliphatic rings. The molecule has 2 saturated heterocycles. The third-order valence-corrected chi connectivity index (χ3v) is 3.27. The van der Waals surface area contributed by atoms with Crippen LogP contribution in [0.25, 0.3) is 0 Å². The van der Waals surface area contributed by atoms with Crippen LogP contribution in [0, 0.1) is 0 Å². The second-order valence-corrected chi connectivity index (χ2v) is 4.10. The fourth-order valence-corrected chi connectivity index (χ4v) is 2.63. The van der Waals surface area contributed by atoms with Gasteiger partial charge in [-0.25, -0.2) is 0 Å². The third kappa shape index (κ3) is 1.55. The summed E-state index contributed by atoms with van der Waals surface area (Å²) in [4.78, 5) is 14.0. The molecule has 2 heterocycles. The highest BCUT2D eigenvalue weighted by Gasteiger charge is 2.39. The molecule has 72 valence electrons. The average molecular weight is 179 g/mol. The van der Waals surface area contributed by atoms with Gasteiger partial charge in [0.2, 0.25) is 0 Å². The van der Waals surface area contributed by atoms with Gasteiger partial charge in [-0.2, -0.15) is 0 Å². The lowest BCUT2D eigenvalue weighted by Gasteiger charge is -2.32. The van der Waals surface area contributed by atoms with Crippen LogP contribution in [0.4, 0.5) is 0 Å². The SMILES string of the molecule is C=CC[C@@H]1C(=O)C[C@@H]2CCCCN21. The van der Waals surface area contributed by atoms with Gasteiger partial charge in [-0.15, -0.1) is 6.58 Å². The molecule has 0 unspecified atom stereocenters. The van der Waals surface area contributed by atoms with Crippen molar-refractivity contribution in [3.8, 4) is 0 Å². The lowest BCUT2D eigenvalue weighted by molar-refractivity contribution is -0.119. The number of hydrogen-bond donors (Lipinski definition) is 0. The molecular formula is C11H17NO. The minimum atomic E-state index is 0.169. The number of carbonyl (C=O) groups excluding carboxylic acids is 1. The molecule has 13 heavy (non-hydrogen) atoms. The molecule has 2 heteroatoms. The lowest BCUT2D eigenvalue weighted by atomic mass is 10.0. The Labute approximate surface area is 79.6 Å². The molecule has 0 aromatic heterocycles. The van der Waals surface area contributed by atoms with Crippen molar-refractivity contribution in [1.29, 1.82) is 0 Å². The van der Waals surface area contributed by atoms with E-state index >= 15 is 0 Å². The monoisotopic (exact) mass is 179 g/mol. The van der Waals surface area contributed by atoms with E-state index in [-0.39, 0.29) is 6.04 Å². The number of Topliss-reactive ketones (excluding diaryl/α,β-unsaturated/α-hetero) is 1. The molecule has 2 atom stereocenters. The van der Waals surface area contributed by atoms with Gasteiger partial charge in [-0.05, 0) is 25.8 Å². The van der Waals surface area contributed by atoms with E-state index in [4.69, 9.17) is 0 Å². The summed E-state index contributed by atoms with van der Waals surface area (Å²) in [7, 11) is 0. The fourth-order valence-electron chi connectivity index (χ4n) is 2.63. The molecule has 0 bridgehead atoms. The Morgan fingerprint density at radius 1 is 1.54 bits per heavy atom. The molecule has 2 rings (SSSR count). The van der Waals surface area contributed by atoms with Gasteiger partial charge in [0.1, 0.15) is 0 Å². The summed E-state index contributed by atoms with van der Waals surface area (Å²) in [5.41, 5.74) is 0. The van der Waals surface area contributed by atoms with E-state index in [1.807, 2.05) is 6.08 Å². The zero-order valence-electron chi connectivity index (χ0n) is 8.04. The van der Waals surface area contributed by atoms with Gasteiger partial charge >= 0.3 is 0 Å². The summed E-state index contributed by atoms with van der Waals surface area (Å²) in [5.74, 6) is 0.437. The zero-order chi connectivity index (χ0) is 9.26. The minimum absolute atomic E-state index is 0.169. The molecule has 0 N–H and O–H groups in total. The van der Waals surface area contributed by atoms with Crippen LogP contribution >= 0.6 is 0 Å². The van der Waals surface area contributed by atoms with Crippen LogP contribution in [-0.2, 0) is 4.79 Å². The van der Waals surface area contributed by atoms with E-state index in [9.17, 15) is 4.79 Å². The summed E-state index contributed by atoms with van der Waals surface area (Å²) >= 11 is 0. The molecule has 0 aliphatic carbocycles. The van der Waals surface area contributed by atoms with E-state index < -0.39 is 0 Å². The van der Waals surface area contributed by atoms with Crippen LogP contribution in [0.15, 0.2) is 12.7 Å². The zero-order valence-corrected chi connectivity index (χ0v) is 8.04. The number of ketones is 1. The van der Waals surface area contributed by atoms with Crippen molar-refractivity contribution < 1.29 is 4.79 Å². The summed E-state index contributed by atoms with van der Waals surface area (Å²) < 4.78 is 0. The highest BCUT2D eigenvalue weighted by molar-refractivity contribution is 5.87. The Balaban J connectivity index is 2.08. The van der Waals surface area contributed by atoms with E-state index in [0.29, 0.717) is 11.8 Å². The van der Waals surface area contributed by atoms with Gasteiger partial charge in [0.15, 0.2) is 5.78 Å². The van der Waals surface area contributed by atoms with Crippen molar-refractivity contribution in [3.63, 3.8) is 0 Å². The first kappa shape index (κ1) is 8.95. The maximum Gasteiger partial charge on any atom is 0.151 e. The maximum atomic E-state index is 11.6. The summed E-state index contributed by atoms with van der Waals surface area (Å²) in [6, 6.07) is 0.731. The Bertz CT molecular complexity index is 224. The van der Waals surface area contributed by atoms with Gasteiger partial charge in [-0.3, -0.25) is 9.69 Å². The molecule has 0 amide bonds. The van der Waals surface area contributed by atoms with Crippen LogP contribution < -0.4 is 0 Å². The largest absolute Gasteiger partial charge is 0.298 e. The first-order valence-corrected chi connectivity index (χ1v) is 5.22. The van der Waals surface area contributed by atoms with Crippen LogP contribution in [0.1, 0.15) is 32.1 Å². The van der Waals surface area contributed by atoms with Gasteiger partial charge in [0.25, 0.3) is 0 Å². The van der Waals surface area contributed by atoms with E-state index in [1.54, 1.807) is 0 Å². The van der Waals surface area contributed by atoms with Gasteiger partial charge in [0, 0.05) is 12.5 Å². The highest BCUT2D eigenvalue weighted by atomic mass is 16.1. The van der Waals surface area contributed by atoms with Crippen LogP contribution in [0.2, 0.25) is 0 Å². The predicted molar refractivity (Wildman–Crippen MR) is 52.6 cm³/mol. The average Bonchev–Trinajstić information content (AvgIpc) is 2.44. The second-order valence-electron chi connectivity index (χ2n) is 4.10. The van der Waals surface area contributed by atoms with Crippen molar-refractivity contribution in [2.24, 2.45) is 0 Å². The number of carbonyl (C=O) groups is 1. The first-order valence-electron chi connectivity index (χ1n) is 5.22. The smallest absolute Gasteiger partial charge is 0.151 e. The number of fused-ring (bicyclic) bond motifs is 1. The molecule has 0 radical (unpaired) electrons. The molecule has 2 fully saturated rings. The van der Waals surface area contributed by atoms with E-state index in [0.717, 1.165) is 19.4 Å². The lowest BCUT2D eigenvalue weighted by Crippen LogP contribution is -2.40. The Morgan fingerprint density at radius 3 is 3.15 bits per heavy atom. The summed E-state index contributed by atoms with van der Waals surface area (Å²) in [5, 5.41) is 0. The molecule has 2 aliphatic heterocycles. The summed E-state index contributed by atoms with van der Waals surface area (Å²) in [6.45, 7) is 4.84. The second kappa shape index (κ2) is 3.62. The van der Waals surface area contributed by atoms with E-state index in [1.165, 1.54) is 19.3 Å². The van der Waals surface area contributed by atoms with Crippen molar-refractivity contribution in [1.82, 2.24) is 4.90 Å². The standard InChI is InChI=1S/C11H17NO/c1-2-5-10-11(13)8-9-6-3-4-7-12(9)10/h2,9-10H,1,3-8H2/t9-,10+/m0/s1. The Morgan fingerprint density at radius 2 is 2.38 bits per heavy atom. The van der Waals surface area contributed by atoms with Crippen molar-refractivity contribution in [2.75, 3.05) is 6.54 Å². The molecule has 0 spiro atoms. The van der Waals surface area contributed by atoms with Crippen molar-refractivity contribution in [2.45, 2.75) is 44.2 Å². The molecule has 0 aromatic carbocycles. The number of nitrogens with zero attached hydrogens (tertiary/aromatic N) is 1. The number of piperidine rings is 1. The van der Waals surface area contributed by atoms with Crippen molar-refractivity contribution in [3.05, 3.63) is 12.7 Å². The predicted octanol–water partition coefficient (Wildman–Crippen LogP) is 1.76. The van der Waals surface area contributed by atoms with E-state index in [2.05, 4.69) is 11.5 Å². The Hall–Kier alpha value is -0.630. The third-order valence-electron chi connectivity index (χ3n) is 3.27. The van der Waals surface area contributed by atoms with Crippen molar-refractivity contribution >= 4 is 5.78 Å². The Kier molecular flexibility index (Phi) is 2.49. The number of hydrogen-bond acceptors (Lipinski definition) is 2. The molecule has 0 saturated carbocycles. The topological polar surface area (TPSA) is 20.3 Å². The van der Waals surface area contributed by atoms with Crippen LogP contribution in [-0.4, -0.2) is 29.3 Å². The minimum Gasteiger partial charge on any atom is -0.298 e. The molecule has 2 nitrogen and oxygen atoms in total. The fraction of sp³-hybridized carbons (Fsp3) is 0.727. The first-order chi connectivity index (χ1) is 6.33. The van der Waals surface area contributed by atoms with Crippen LogP contribution in [0.5, 0.6) is 0 Å².